The van der Waals surface area contributed by atoms with Gasteiger partial charge in [-0.05, 0) is 23.4 Å². The highest BCUT2D eigenvalue weighted by Gasteiger charge is 2.09. The molecule has 0 radical (unpaired) electrons. The Kier molecular flexibility index (Phi) is 3.22. The van der Waals surface area contributed by atoms with Gasteiger partial charge in [0.05, 0.1) is 0 Å². The van der Waals surface area contributed by atoms with Crippen molar-refractivity contribution in [3.05, 3.63) is 45.6 Å². The normalized spacial score (nSPS) is 10.6. The average Bonchev–Trinajstić information content (AvgIpc) is 2.74. The molecule has 88 valence electrons. The third kappa shape index (κ3) is 1.75. The van der Waals surface area contributed by atoms with Crippen molar-refractivity contribution < 1.29 is 0 Å². The summed E-state index contributed by atoms with van der Waals surface area (Å²) in [4.78, 5) is 14.8. The van der Waals surface area contributed by atoms with E-state index in [1.165, 1.54) is 16.9 Å². The van der Waals surface area contributed by atoms with Gasteiger partial charge in [-0.15, -0.1) is 23.7 Å². The Balaban J connectivity index is 0.00000108. The van der Waals surface area contributed by atoms with Crippen LogP contribution >= 0.6 is 23.7 Å². The second-order valence-corrected chi connectivity index (χ2v) is 4.70. The minimum Gasteiger partial charge on any atom is -0.321 e. The van der Waals surface area contributed by atoms with Crippen LogP contribution in [0.2, 0.25) is 0 Å². The van der Waals surface area contributed by atoms with E-state index in [1.54, 1.807) is 0 Å². The number of aromatic nitrogens is 1. The van der Waals surface area contributed by atoms with Crippen LogP contribution in [0, 0.1) is 0 Å². The van der Waals surface area contributed by atoms with Crippen LogP contribution in [-0.2, 0) is 6.42 Å². The van der Waals surface area contributed by atoms with Gasteiger partial charge in [-0.2, -0.15) is 0 Å². The minimum absolute atomic E-state index is 0. The number of aryl methyl sites for hydroxylation is 1. The van der Waals surface area contributed by atoms with Crippen LogP contribution in [0.25, 0.3) is 21.0 Å². The van der Waals surface area contributed by atoms with Gasteiger partial charge >= 0.3 is 0 Å². The fourth-order valence-electron chi connectivity index (χ4n) is 2.11. The summed E-state index contributed by atoms with van der Waals surface area (Å²) in [5.41, 5.74) is 2.22. The zero-order valence-corrected chi connectivity index (χ0v) is 11.0. The van der Waals surface area contributed by atoms with E-state index in [9.17, 15) is 4.79 Å². The average molecular weight is 266 g/mol. The molecular formula is C13H12ClNOS. The number of nitrogens with one attached hydrogen (secondary N) is 1. The lowest BCUT2D eigenvalue weighted by Crippen LogP contribution is -2.04. The zero-order valence-electron chi connectivity index (χ0n) is 9.32. The van der Waals surface area contributed by atoms with Crippen molar-refractivity contribution in [3.8, 4) is 0 Å². The fourth-order valence-corrected chi connectivity index (χ4v) is 3.17. The lowest BCUT2D eigenvalue weighted by atomic mass is 10.1. The molecule has 0 aliphatic rings. The van der Waals surface area contributed by atoms with Gasteiger partial charge < -0.3 is 4.98 Å². The number of benzene rings is 1. The quantitative estimate of drug-likeness (QED) is 0.715. The van der Waals surface area contributed by atoms with Gasteiger partial charge in [-0.3, -0.25) is 4.79 Å². The minimum atomic E-state index is 0. The molecule has 0 atom stereocenters. The van der Waals surface area contributed by atoms with Crippen LogP contribution in [0.15, 0.2) is 34.4 Å². The van der Waals surface area contributed by atoms with Gasteiger partial charge in [0.25, 0.3) is 5.56 Å². The van der Waals surface area contributed by atoms with E-state index >= 15 is 0 Å². The number of halogens is 1. The number of pyridine rings is 1. The summed E-state index contributed by atoms with van der Waals surface area (Å²) in [6, 6.07) is 7.98. The largest absolute Gasteiger partial charge is 0.321 e. The third-order valence-corrected chi connectivity index (χ3v) is 3.93. The summed E-state index contributed by atoms with van der Waals surface area (Å²) < 4.78 is 0.843. The number of H-pyrrole nitrogens is 1. The molecule has 4 heteroatoms. The predicted octanol–water partition coefficient (Wildman–Crippen LogP) is 3.73. The van der Waals surface area contributed by atoms with Crippen molar-refractivity contribution in [1.82, 2.24) is 4.98 Å². The third-order valence-electron chi connectivity index (χ3n) is 2.90. The molecule has 1 N–H and O–H groups in total. The Hall–Kier alpha value is -1.32. The molecule has 17 heavy (non-hydrogen) atoms. The van der Waals surface area contributed by atoms with Crippen molar-refractivity contribution in [2.75, 3.05) is 0 Å². The van der Waals surface area contributed by atoms with Crippen molar-refractivity contribution in [1.29, 1.82) is 0 Å². The van der Waals surface area contributed by atoms with Gasteiger partial charge in [0, 0.05) is 16.3 Å². The van der Waals surface area contributed by atoms with Crippen molar-refractivity contribution >= 4 is 44.7 Å². The molecule has 1 aromatic carbocycles. The molecule has 0 aliphatic heterocycles. The van der Waals surface area contributed by atoms with Gasteiger partial charge in [-0.1, -0.05) is 25.1 Å². The molecular weight excluding hydrogens is 254 g/mol. The first-order chi connectivity index (χ1) is 7.81. The van der Waals surface area contributed by atoms with E-state index < -0.39 is 0 Å². The first kappa shape index (κ1) is 12.1. The van der Waals surface area contributed by atoms with Crippen LogP contribution in [-0.4, -0.2) is 4.98 Å². The zero-order chi connectivity index (χ0) is 11.1. The molecule has 0 saturated heterocycles. The SMILES string of the molecule is CCc1csc2c(=O)[nH]c3ccccc3c12.Cl. The maximum absolute atomic E-state index is 11.9. The van der Waals surface area contributed by atoms with E-state index in [4.69, 9.17) is 0 Å². The van der Waals surface area contributed by atoms with Crippen LogP contribution in [0.4, 0.5) is 0 Å². The van der Waals surface area contributed by atoms with E-state index in [2.05, 4.69) is 23.4 Å². The summed E-state index contributed by atoms with van der Waals surface area (Å²) >= 11 is 1.54. The number of para-hydroxylation sites is 1. The highest BCUT2D eigenvalue weighted by Crippen LogP contribution is 2.29. The van der Waals surface area contributed by atoms with Crippen LogP contribution in [0.3, 0.4) is 0 Å². The molecule has 0 saturated carbocycles. The molecule has 0 fully saturated rings. The van der Waals surface area contributed by atoms with Crippen molar-refractivity contribution in [3.63, 3.8) is 0 Å². The molecule has 2 nitrogen and oxygen atoms in total. The second-order valence-electron chi connectivity index (χ2n) is 3.82. The number of aromatic amines is 1. The predicted molar refractivity (Wildman–Crippen MR) is 76.6 cm³/mol. The van der Waals surface area contributed by atoms with Crippen LogP contribution in [0.5, 0.6) is 0 Å². The van der Waals surface area contributed by atoms with E-state index in [0.29, 0.717) is 0 Å². The fraction of sp³-hybridized carbons (Fsp3) is 0.154. The maximum Gasteiger partial charge on any atom is 0.266 e. The standard InChI is InChI=1S/C13H11NOS.ClH/c1-2-8-7-16-12-11(8)9-5-3-4-6-10(9)14-13(12)15;/h3-7H,2H2,1H3,(H,14,15);1H. The molecule has 3 rings (SSSR count). The lowest BCUT2D eigenvalue weighted by Gasteiger charge is -2.01. The Morgan fingerprint density at radius 2 is 2.06 bits per heavy atom. The Labute approximate surface area is 109 Å². The van der Waals surface area contributed by atoms with E-state index in [0.717, 1.165) is 27.4 Å². The van der Waals surface area contributed by atoms with E-state index in [-0.39, 0.29) is 18.0 Å². The van der Waals surface area contributed by atoms with E-state index in [1.807, 2.05) is 18.2 Å². The first-order valence-corrected chi connectivity index (χ1v) is 6.20. The molecule has 0 amide bonds. The van der Waals surface area contributed by atoms with Gasteiger partial charge in [-0.25, -0.2) is 0 Å². The van der Waals surface area contributed by atoms with Crippen LogP contribution in [0.1, 0.15) is 12.5 Å². The number of hydrogen-bond acceptors (Lipinski definition) is 2. The monoisotopic (exact) mass is 265 g/mol. The Morgan fingerprint density at radius 1 is 1.29 bits per heavy atom. The van der Waals surface area contributed by atoms with Gasteiger partial charge in [0.2, 0.25) is 0 Å². The first-order valence-electron chi connectivity index (χ1n) is 5.32. The molecule has 2 aromatic heterocycles. The number of thiophene rings is 1. The Bertz CT molecular complexity index is 729. The van der Waals surface area contributed by atoms with Crippen molar-refractivity contribution in [2.24, 2.45) is 0 Å². The maximum atomic E-state index is 11.9. The number of rotatable bonds is 1. The highest BCUT2D eigenvalue weighted by molar-refractivity contribution is 7.17. The lowest BCUT2D eigenvalue weighted by molar-refractivity contribution is 1.17. The molecule has 0 spiro atoms. The molecule has 2 heterocycles. The number of fused-ring (bicyclic) bond motifs is 3. The van der Waals surface area contributed by atoms with Gasteiger partial charge in [0.1, 0.15) is 4.70 Å². The summed E-state index contributed by atoms with van der Waals surface area (Å²) in [7, 11) is 0. The van der Waals surface area contributed by atoms with Gasteiger partial charge in [0.15, 0.2) is 0 Å². The smallest absolute Gasteiger partial charge is 0.266 e. The summed E-state index contributed by atoms with van der Waals surface area (Å²) in [5.74, 6) is 0. The molecule has 0 aliphatic carbocycles. The highest BCUT2D eigenvalue weighted by atomic mass is 35.5. The molecule has 0 unspecified atom stereocenters. The summed E-state index contributed by atoms with van der Waals surface area (Å²) in [5, 5.41) is 4.37. The molecule has 0 bridgehead atoms. The van der Waals surface area contributed by atoms with Crippen molar-refractivity contribution in [2.45, 2.75) is 13.3 Å². The summed E-state index contributed by atoms with van der Waals surface area (Å²) in [6.45, 7) is 2.12. The second kappa shape index (κ2) is 4.51. The van der Waals surface area contributed by atoms with Crippen LogP contribution < -0.4 is 5.56 Å². The Morgan fingerprint density at radius 3 is 2.82 bits per heavy atom. The molecule has 3 aromatic rings. The summed E-state index contributed by atoms with van der Waals surface area (Å²) in [6.07, 6.45) is 0.966. The topological polar surface area (TPSA) is 32.9 Å². The number of hydrogen-bond donors (Lipinski definition) is 1.